The van der Waals surface area contributed by atoms with Gasteiger partial charge in [0, 0.05) is 0 Å². The molecule has 0 aliphatic rings. The van der Waals surface area contributed by atoms with Crippen molar-refractivity contribution in [2.45, 2.75) is 6.10 Å². The summed E-state index contributed by atoms with van der Waals surface area (Å²) in [6.07, 6.45) is -1.48. The van der Waals surface area contributed by atoms with Crippen LogP contribution in [0.15, 0.2) is 40.9 Å². The molecular formula is C13H8BrF3O. The van der Waals surface area contributed by atoms with Gasteiger partial charge in [-0.25, -0.2) is 13.2 Å². The molecule has 0 saturated carbocycles. The van der Waals surface area contributed by atoms with Crippen molar-refractivity contribution in [1.82, 2.24) is 0 Å². The van der Waals surface area contributed by atoms with Crippen molar-refractivity contribution in [1.29, 1.82) is 0 Å². The Balaban J connectivity index is 2.48. The second-order valence-electron chi connectivity index (χ2n) is 3.71. The van der Waals surface area contributed by atoms with Crippen LogP contribution < -0.4 is 0 Å². The number of aliphatic hydroxyl groups excluding tert-OH is 1. The Hall–Kier alpha value is -1.33. The number of rotatable bonds is 2. The first-order chi connectivity index (χ1) is 8.50. The fraction of sp³-hybridized carbons (Fsp3) is 0.0769. The molecule has 0 heterocycles. The predicted octanol–water partition coefficient (Wildman–Crippen LogP) is 3.95. The molecule has 0 amide bonds. The molecule has 0 radical (unpaired) electrons. The molecule has 0 bridgehead atoms. The summed E-state index contributed by atoms with van der Waals surface area (Å²) in [5, 5.41) is 9.95. The maximum absolute atomic E-state index is 13.5. The zero-order valence-corrected chi connectivity index (χ0v) is 10.6. The standard InChI is InChI=1S/C13H8BrF3O/c14-8-6-7(4-5-9(8)15)13(18)12-10(16)2-1-3-11(12)17/h1-6,13,18H. The topological polar surface area (TPSA) is 20.2 Å². The van der Waals surface area contributed by atoms with Gasteiger partial charge in [-0.3, -0.25) is 0 Å². The molecule has 2 aromatic rings. The van der Waals surface area contributed by atoms with Gasteiger partial charge in [0.05, 0.1) is 10.0 Å². The van der Waals surface area contributed by atoms with Crippen LogP contribution in [0.2, 0.25) is 0 Å². The maximum Gasteiger partial charge on any atom is 0.137 e. The molecule has 0 saturated heterocycles. The third-order valence-electron chi connectivity index (χ3n) is 2.53. The third kappa shape index (κ3) is 2.42. The van der Waals surface area contributed by atoms with E-state index in [0.29, 0.717) is 0 Å². The van der Waals surface area contributed by atoms with Crippen LogP contribution in [0.1, 0.15) is 17.2 Å². The lowest BCUT2D eigenvalue weighted by atomic mass is 10.0. The van der Waals surface area contributed by atoms with Crippen molar-refractivity contribution in [2.24, 2.45) is 0 Å². The minimum atomic E-state index is -1.48. The second kappa shape index (κ2) is 5.12. The Labute approximate surface area is 110 Å². The fourth-order valence-electron chi connectivity index (χ4n) is 1.62. The summed E-state index contributed by atoms with van der Waals surface area (Å²) in [7, 11) is 0. The number of benzene rings is 2. The van der Waals surface area contributed by atoms with Gasteiger partial charge in [-0.2, -0.15) is 0 Å². The summed E-state index contributed by atoms with van der Waals surface area (Å²) in [5.41, 5.74) is -0.247. The molecule has 94 valence electrons. The smallest absolute Gasteiger partial charge is 0.137 e. The highest BCUT2D eigenvalue weighted by molar-refractivity contribution is 9.10. The average Bonchev–Trinajstić information content (AvgIpc) is 2.32. The molecule has 0 aliphatic carbocycles. The van der Waals surface area contributed by atoms with Crippen molar-refractivity contribution >= 4 is 15.9 Å². The van der Waals surface area contributed by atoms with Crippen LogP contribution in [0.3, 0.4) is 0 Å². The highest BCUT2D eigenvalue weighted by Gasteiger charge is 2.20. The second-order valence-corrected chi connectivity index (χ2v) is 4.57. The van der Waals surface area contributed by atoms with Crippen molar-refractivity contribution < 1.29 is 18.3 Å². The molecule has 1 nitrogen and oxygen atoms in total. The third-order valence-corrected chi connectivity index (χ3v) is 3.14. The minimum absolute atomic E-state index is 0.121. The first-order valence-corrected chi connectivity index (χ1v) is 5.87. The molecular weight excluding hydrogens is 309 g/mol. The molecule has 0 fully saturated rings. The fourth-order valence-corrected chi connectivity index (χ4v) is 2.02. The number of halogens is 4. The molecule has 2 aromatic carbocycles. The zero-order valence-electron chi connectivity index (χ0n) is 9.00. The highest BCUT2D eigenvalue weighted by Crippen LogP contribution is 2.29. The van der Waals surface area contributed by atoms with E-state index in [2.05, 4.69) is 15.9 Å². The first kappa shape index (κ1) is 13.1. The Morgan fingerprint density at radius 1 is 0.944 bits per heavy atom. The van der Waals surface area contributed by atoms with E-state index in [0.717, 1.165) is 18.2 Å². The van der Waals surface area contributed by atoms with Gasteiger partial charge in [-0.1, -0.05) is 12.1 Å². The lowest BCUT2D eigenvalue weighted by Gasteiger charge is -2.13. The van der Waals surface area contributed by atoms with E-state index in [-0.39, 0.29) is 10.0 Å². The number of hydrogen-bond acceptors (Lipinski definition) is 1. The predicted molar refractivity (Wildman–Crippen MR) is 64.5 cm³/mol. The van der Waals surface area contributed by atoms with Crippen LogP contribution in [0.5, 0.6) is 0 Å². The van der Waals surface area contributed by atoms with E-state index in [1.165, 1.54) is 18.2 Å². The molecule has 18 heavy (non-hydrogen) atoms. The van der Waals surface area contributed by atoms with Gasteiger partial charge in [-0.15, -0.1) is 0 Å². The van der Waals surface area contributed by atoms with Crippen LogP contribution in [0.4, 0.5) is 13.2 Å². The molecule has 1 unspecified atom stereocenters. The first-order valence-electron chi connectivity index (χ1n) is 5.07. The summed E-state index contributed by atoms with van der Waals surface area (Å²) in [6.45, 7) is 0. The summed E-state index contributed by atoms with van der Waals surface area (Å²) < 4.78 is 40.1. The van der Waals surface area contributed by atoms with Gasteiger partial charge in [0.15, 0.2) is 0 Å². The Morgan fingerprint density at radius 3 is 2.11 bits per heavy atom. The summed E-state index contributed by atoms with van der Waals surface area (Å²) in [5.74, 6) is -2.20. The summed E-state index contributed by atoms with van der Waals surface area (Å²) in [6, 6.07) is 6.99. The van der Waals surface area contributed by atoms with Crippen molar-refractivity contribution in [3.8, 4) is 0 Å². The highest BCUT2D eigenvalue weighted by atomic mass is 79.9. The molecule has 2 rings (SSSR count). The van der Waals surface area contributed by atoms with Crippen LogP contribution in [-0.2, 0) is 0 Å². The summed E-state index contributed by atoms with van der Waals surface area (Å²) >= 11 is 2.95. The maximum atomic E-state index is 13.5. The molecule has 0 aliphatic heterocycles. The number of aliphatic hydroxyl groups is 1. The van der Waals surface area contributed by atoms with E-state index in [9.17, 15) is 18.3 Å². The Morgan fingerprint density at radius 2 is 1.56 bits per heavy atom. The lowest BCUT2D eigenvalue weighted by Crippen LogP contribution is -2.06. The van der Waals surface area contributed by atoms with E-state index >= 15 is 0 Å². The van der Waals surface area contributed by atoms with Gasteiger partial charge in [0.1, 0.15) is 23.6 Å². The molecule has 1 N–H and O–H groups in total. The van der Waals surface area contributed by atoms with Crippen LogP contribution in [0, 0.1) is 17.5 Å². The molecule has 0 spiro atoms. The monoisotopic (exact) mass is 316 g/mol. The summed E-state index contributed by atoms with van der Waals surface area (Å²) in [4.78, 5) is 0. The molecule has 1 atom stereocenters. The largest absolute Gasteiger partial charge is 0.383 e. The van der Waals surface area contributed by atoms with Gasteiger partial charge in [0.25, 0.3) is 0 Å². The van der Waals surface area contributed by atoms with Gasteiger partial charge in [0.2, 0.25) is 0 Å². The van der Waals surface area contributed by atoms with Gasteiger partial charge in [-0.05, 0) is 45.8 Å². The van der Waals surface area contributed by atoms with Crippen molar-refractivity contribution in [3.63, 3.8) is 0 Å². The van der Waals surface area contributed by atoms with E-state index < -0.39 is 29.1 Å². The number of hydrogen-bond donors (Lipinski definition) is 1. The Bertz CT molecular complexity index is 566. The molecule has 5 heteroatoms. The minimum Gasteiger partial charge on any atom is -0.383 e. The van der Waals surface area contributed by atoms with E-state index in [4.69, 9.17) is 0 Å². The van der Waals surface area contributed by atoms with Crippen LogP contribution in [-0.4, -0.2) is 5.11 Å². The van der Waals surface area contributed by atoms with Crippen molar-refractivity contribution in [3.05, 3.63) is 69.4 Å². The van der Waals surface area contributed by atoms with Gasteiger partial charge >= 0.3 is 0 Å². The van der Waals surface area contributed by atoms with Crippen molar-refractivity contribution in [2.75, 3.05) is 0 Å². The van der Waals surface area contributed by atoms with Gasteiger partial charge < -0.3 is 5.11 Å². The van der Waals surface area contributed by atoms with Crippen LogP contribution >= 0.6 is 15.9 Å². The quantitative estimate of drug-likeness (QED) is 0.889. The lowest BCUT2D eigenvalue weighted by molar-refractivity contribution is 0.209. The van der Waals surface area contributed by atoms with E-state index in [1.54, 1.807) is 0 Å². The SMILES string of the molecule is OC(c1ccc(F)c(Br)c1)c1c(F)cccc1F. The zero-order chi connectivity index (χ0) is 13.3. The average molecular weight is 317 g/mol. The van der Waals surface area contributed by atoms with Crippen LogP contribution in [0.25, 0.3) is 0 Å². The Kier molecular flexibility index (Phi) is 3.73. The molecule has 0 aromatic heterocycles. The normalized spacial score (nSPS) is 12.5. The van der Waals surface area contributed by atoms with E-state index in [1.807, 2.05) is 0 Å².